The Morgan fingerprint density at radius 1 is 0.974 bits per heavy atom. The Balaban J connectivity index is 1.43. The zero-order valence-electron chi connectivity index (χ0n) is 22.7. The monoisotopic (exact) mass is 519 g/mol. The van der Waals surface area contributed by atoms with E-state index in [4.69, 9.17) is 4.98 Å². The molecule has 0 saturated carbocycles. The Morgan fingerprint density at radius 3 is 2.37 bits per heavy atom. The van der Waals surface area contributed by atoms with Crippen molar-refractivity contribution in [2.45, 2.75) is 45.6 Å². The van der Waals surface area contributed by atoms with Crippen molar-refractivity contribution in [1.82, 2.24) is 19.4 Å². The van der Waals surface area contributed by atoms with Crippen molar-refractivity contribution in [1.29, 1.82) is 0 Å². The Bertz CT molecular complexity index is 1310. The lowest BCUT2D eigenvalue weighted by Gasteiger charge is -2.37. The molecule has 2 aliphatic heterocycles. The van der Waals surface area contributed by atoms with E-state index in [0.29, 0.717) is 12.1 Å². The minimum absolute atomic E-state index is 0.0639. The lowest BCUT2D eigenvalue weighted by molar-refractivity contribution is 0.0165. The number of benzene rings is 2. The van der Waals surface area contributed by atoms with Gasteiger partial charge in [0.2, 0.25) is 5.95 Å². The average molecular weight is 520 g/mol. The first-order valence-electron chi connectivity index (χ1n) is 13.8. The van der Waals surface area contributed by atoms with E-state index in [1.54, 1.807) is 12.1 Å². The Morgan fingerprint density at radius 2 is 1.68 bits per heavy atom. The maximum atomic E-state index is 14.5. The maximum Gasteiger partial charge on any atom is 0.270 e. The van der Waals surface area contributed by atoms with Gasteiger partial charge in [0.05, 0.1) is 17.6 Å². The van der Waals surface area contributed by atoms with Gasteiger partial charge in [-0.25, -0.2) is 13.8 Å². The molecule has 0 aliphatic carbocycles. The van der Waals surface area contributed by atoms with Gasteiger partial charge in [0.25, 0.3) is 5.92 Å². The summed E-state index contributed by atoms with van der Waals surface area (Å²) in [7, 11) is 0. The topological polar surface area (TPSA) is 27.5 Å². The molecule has 0 amide bonds. The predicted molar refractivity (Wildman–Crippen MR) is 153 cm³/mol. The molecule has 2 aliphatic rings. The fourth-order valence-electron chi connectivity index (χ4n) is 5.69. The molecule has 2 saturated heterocycles. The van der Waals surface area contributed by atoms with Crippen LogP contribution < -0.4 is 4.90 Å². The summed E-state index contributed by atoms with van der Waals surface area (Å²) in [6.45, 7) is 18.6. The van der Waals surface area contributed by atoms with Crippen molar-refractivity contribution >= 4 is 22.6 Å². The molecule has 0 unspecified atom stereocenters. The number of anilines is 1. The largest absolute Gasteiger partial charge is 0.374 e. The summed E-state index contributed by atoms with van der Waals surface area (Å²) in [6, 6.07) is 13.1. The van der Waals surface area contributed by atoms with Crippen molar-refractivity contribution < 1.29 is 8.78 Å². The van der Waals surface area contributed by atoms with Crippen LogP contribution in [0.2, 0.25) is 0 Å². The van der Waals surface area contributed by atoms with Crippen LogP contribution in [0, 0.1) is 0 Å². The second-order valence-corrected chi connectivity index (χ2v) is 10.7. The van der Waals surface area contributed by atoms with Crippen LogP contribution in [-0.4, -0.2) is 65.2 Å². The highest BCUT2D eigenvalue weighted by atomic mass is 19.3. The molecule has 2 fully saturated rings. The molecule has 0 bridgehead atoms. The highest BCUT2D eigenvalue weighted by Gasteiger charge is 2.29. The standard InChI is InChI=1S/C31H39F2N5/c1-5-23(2)25-12-13-29-28(20-25)34-30(38(29)22-26-10-6-7-11-27(26)31(4,32)33)37-18-16-35(17-19-37)21-24(3)36-14-8-9-15-36/h6-7,10-13,20H,2-3,5,8-9,14-19,21-22H2,1,4H3. The number of likely N-dealkylation sites (tertiary alicyclic amines) is 1. The third-order valence-electron chi connectivity index (χ3n) is 8.00. The molecule has 1 aromatic heterocycles. The van der Waals surface area contributed by atoms with E-state index in [9.17, 15) is 8.78 Å². The molecular formula is C31H39F2N5. The third kappa shape index (κ3) is 5.48. The molecule has 3 heterocycles. The molecule has 0 radical (unpaired) electrons. The second-order valence-electron chi connectivity index (χ2n) is 10.7. The van der Waals surface area contributed by atoms with E-state index in [-0.39, 0.29) is 5.56 Å². The fraction of sp³-hybridized carbons (Fsp3) is 0.452. The Kier molecular flexibility index (Phi) is 7.57. The first-order valence-corrected chi connectivity index (χ1v) is 13.8. The highest BCUT2D eigenvalue weighted by molar-refractivity contribution is 5.83. The molecule has 5 nitrogen and oxygen atoms in total. The molecule has 202 valence electrons. The lowest BCUT2D eigenvalue weighted by atomic mass is 10.0. The van der Waals surface area contributed by atoms with Crippen LogP contribution in [0.3, 0.4) is 0 Å². The highest BCUT2D eigenvalue weighted by Crippen LogP contribution is 2.33. The number of alkyl halides is 2. The minimum atomic E-state index is -2.91. The molecule has 38 heavy (non-hydrogen) atoms. The molecule has 0 N–H and O–H groups in total. The Labute approximate surface area is 225 Å². The minimum Gasteiger partial charge on any atom is -0.374 e. The van der Waals surface area contributed by atoms with Crippen LogP contribution in [0.1, 0.15) is 49.8 Å². The van der Waals surface area contributed by atoms with E-state index < -0.39 is 5.92 Å². The van der Waals surface area contributed by atoms with Gasteiger partial charge < -0.3 is 14.4 Å². The molecular weight excluding hydrogens is 480 g/mol. The molecule has 0 atom stereocenters. The number of hydrogen-bond acceptors (Lipinski definition) is 4. The summed E-state index contributed by atoms with van der Waals surface area (Å²) in [5, 5.41) is 0. The quantitative estimate of drug-likeness (QED) is 0.329. The van der Waals surface area contributed by atoms with Crippen molar-refractivity contribution in [2.75, 3.05) is 50.7 Å². The zero-order valence-corrected chi connectivity index (χ0v) is 22.7. The van der Waals surface area contributed by atoms with Crippen LogP contribution in [0.15, 0.2) is 61.3 Å². The van der Waals surface area contributed by atoms with Gasteiger partial charge in [-0.1, -0.05) is 50.4 Å². The van der Waals surface area contributed by atoms with Crippen LogP contribution in [-0.2, 0) is 12.5 Å². The smallest absolute Gasteiger partial charge is 0.270 e. The number of imidazole rings is 1. The van der Waals surface area contributed by atoms with E-state index in [0.717, 1.165) is 87.3 Å². The molecule has 5 rings (SSSR count). The van der Waals surface area contributed by atoms with Crippen LogP contribution in [0.5, 0.6) is 0 Å². The number of allylic oxidation sites excluding steroid dienone is 1. The molecule has 0 spiro atoms. The number of rotatable bonds is 9. The van der Waals surface area contributed by atoms with Gasteiger partial charge in [0.15, 0.2) is 0 Å². The van der Waals surface area contributed by atoms with Gasteiger partial charge in [-0.2, -0.15) is 0 Å². The number of aromatic nitrogens is 2. The number of fused-ring (bicyclic) bond motifs is 1. The van der Waals surface area contributed by atoms with Crippen molar-refractivity contribution in [3.8, 4) is 0 Å². The van der Waals surface area contributed by atoms with Gasteiger partial charge in [0.1, 0.15) is 0 Å². The summed E-state index contributed by atoms with van der Waals surface area (Å²) in [4.78, 5) is 12.2. The Hall–Kier alpha value is -3.19. The first kappa shape index (κ1) is 26.4. The van der Waals surface area contributed by atoms with Gasteiger partial charge in [-0.05, 0) is 48.1 Å². The maximum absolute atomic E-state index is 14.5. The summed E-state index contributed by atoms with van der Waals surface area (Å²) < 4.78 is 31.1. The van der Waals surface area contributed by atoms with Crippen molar-refractivity contribution in [3.63, 3.8) is 0 Å². The molecule has 2 aromatic carbocycles. The average Bonchev–Trinajstić information content (AvgIpc) is 3.57. The second kappa shape index (κ2) is 10.9. The summed E-state index contributed by atoms with van der Waals surface area (Å²) in [5.41, 5.74) is 5.85. The lowest BCUT2D eigenvalue weighted by Crippen LogP contribution is -2.48. The summed E-state index contributed by atoms with van der Waals surface area (Å²) >= 11 is 0. The molecule has 3 aromatic rings. The molecule has 7 heteroatoms. The van der Waals surface area contributed by atoms with Gasteiger partial charge in [-0.3, -0.25) is 4.90 Å². The van der Waals surface area contributed by atoms with E-state index in [2.05, 4.69) is 57.5 Å². The number of hydrogen-bond donors (Lipinski definition) is 0. The normalized spacial score (nSPS) is 16.9. The van der Waals surface area contributed by atoms with Crippen LogP contribution in [0.4, 0.5) is 14.7 Å². The van der Waals surface area contributed by atoms with Crippen LogP contribution in [0.25, 0.3) is 16.6 Å². The fourth-order valence-corrected chi connectivity index (χ4v) is 5.69. The SMILES string of the molecule is C=C(CC)c1ccc2c(c1)nc(N1CCN(CC(=C)N3CCCC3)CC1)n2Cc1ccccc1C(C)(F)F. The van der Waals surface area contributed by atoms with Gasteiger partial charge >= 0.3 is 0 Å². The number of halogens is 2. The van der Waals surface area contributed by atoms with E-state index >= 15 is 0 Å². The first-order chi connectivity index (χ1) is 18.2. The van der Waals surface area contributed by atoms with E-state index in [1.807, 2.05) is 6.07 Å². The third-order valence-corrected chi connectivity index (χ3v) is 8.00. The number of piperazine rings is 1. The summed E-state index contributed by atoms with van der Waals surface area (Å²) in [6.07, 6.45) is 3.37. The van der Waals surface area contributed by atoms with Crippen molar-refractivity contribution in [3.05, 3.63) is 78.0 Å². The van der Waals surface area contributed by atoms with Crippen molar-refractivity contribution in [2.24, 2.45) is 0 Å². The number of nitrogens with zero attached hydrogens (tertiary/aromatic N) is 5. The van der Waals surface area contributed by atoms with Gasteiger partial charge in [0, 0.05) is 64.0 Å². The van der Waals surface area contributed by atoms with Crippen LogP contribution >= 0.6 is 0 Å². The van der Waals surface area contributed by atoms with Gasteiger partial charge in [-0.15, -0.1) is 0 Å². The van der Waals surface area contributed by atoms with E-state index in [1.165, 1.54) is 24.6 Å². The zero-order chi connectivity index (χ0) is 26.9. The predicted octanol–water partition coefficient (Wildman–Crippen LogP) is 6.35. The summed E-state index contributed by atoms with van der Waals surface area (Å²) in [5.74, 6) is -2.07.